The SMILES string of the molecule is CCCCCN1C(=O)C(=O)/C(=C(\O)c2ccc(CC)cc2)C1c1ccccc1OC. The smallest absolute Gasteiger partial charge is 0.295 e. The van der Waals surface area contributed by atoms with Gasteiger partial charge in [-0.25, -0.2) is 0 Å². The summed E-state index contributed by atoms with van der Waals surface area (Å²) in [7, 11) is 1.56. The van der Waals surface area contributed by atoms with E-state index in [1.807, 2.05) is 30.3 Å². The number of rotatable bonds is 8. The maximum atomic E-state index is 13.0. The van der Waals surface area contributed by atoms with Gasteiger partial charge in [0, 0.05) is 17.7 Å². The Morgan fingerprint density at radius 2 is 1.73 bits per heavy atom. The van der Waals surface area contributed by atoms with Crippen LogP contribution in [-0.2, 0) is 16.0 Å². The molecule has 0 aromatic heterocycles. The van der Waals surface area contributed by atoms with Gasteiger partial charge in [0.05, 0.1) is 18.7 Å². The number of methoxy groups -OCH3 is 1. The first-order chi connectivity index (χ1) is 14.5. The molecule has 2 aromatic carbocycles. The molecule has 1 fully saturated rings. The second kappa shape index (κ2) is 9.61. The Morgan fingerprint density at radius 3 is 2.37 bits per heavy atom. The van der Waals surface area contributed by atoms with Crippen LogP contribution in [0.25, 0.3) is 5.76 Å². The lowest BCUT2D eigenvalue weighted by Crippen LogP contribution is -2.30. The number of carbonyl (C=O) groups is 2. The highest BCUT2D eigenvalue weighted by Gasteiger charge is 2.46. The van der Waals surface area contributed by atoms with E-state index in [4.69, 9.17) is 4.74 Å². The Bertz CT molecular complexity index is 946. The van der Waals surface area contributed by atoms with Crippen molar-refractivity contribution in [3.8, 4) is 5.75 Å². The molecule has 1 heterocycles. The van der Waals surface area contributed by atoms with Gasteiger partial charge in [-0.3, -0.25) is 9.59 Å². The summed E-state index contributed by atoms with van der Waals surface area (Å²) in [5, 5.41) is 11.1. The standard InChI is InChI=1S/C25H29NO4/c1-4-6-9-16-26-22(19-10-7-8-11-20(19)30-3)21(24(28)25(26)29)23(27)18-14-12-17(5-2)13-15-18/h7-8,10-15,22,27H,4-6,9,16H2,1-3H3/b23-21-. The molecule has 0 radical (unpaired) electrons. The second-order valence-corrected chi connectivity index (χ2v) is 7.49. The molecule has 5 nitrogen and oxygen atoms in total. The Balaban J connectivity index is 2.14. The van der Waals surface area contributed by atoms with Crippen molar-refractivity contribution in [3.05, 3.63) is 70.8 Å². The molecule has 158 valence electrons. The lowest BCUT2D eigenvalue weighted by atomic mass is 9.94. The summed E-state index contributed by atoms with van der Waals surface area (Å²) in [4.78, 5) is 27.5. The number of para-hydroxylation sites is 1. The number of unbranched alkanes of at least 4 members (excludes halogenated alkanes) is 2. The molecule has 1 aliphatic heterocycles. The first-order valence-electron chi connectivity index (χ1n) is 10.5. The highest BCUT2D eigenvalue weighted by atomic mass is 16.5. The molecule has 0 aliphatic carbocycles. The zero-order valence-electron chi connectivity index (χ0n) is 17.9. The largest absolute Gasteiger partial charge is 0.507 e. The van der Waals surface area contributed by atoms with Gasteiger partial charge < -0.3 is 14.7 Å². The number of hydrogen-bond donors (Lipinski definition) is 1. The van der Waals surface area contributed by atoms with Gasteiger partial charge in [0.1, 0.15) is 11.5 Å². The molecule has 0 bridgehead atoms. The molecule has 2 aromatic rings. The van der Waals surface area contributed by atoms with E-state index >= 15 is 0 Å². The Hall–Kier alpha value is -3.08. The number of ether oxygens (including phenoxy) is 1. The third-order valence-corrected chi connectivity index (χ3v) is 5.61. The quantitative estimate of drug-likeness (QED) is 0.293. The number of hydrogen-bond acceptors (Lipinski definition) is 4. The number of amides is 1. The van der Waals surface area contributed by atoms with Crippen molar-refractivity contribution in [3.63, 3.8) is 0 Å². The highest BCUT2D eigenvalue weighted by molar-refractivity contribution is 6.46. The fourth-order valence-electron chi connectivity index (χ4n) is 3.91. The molecule has 1 saturated heterocycles. The summed E-state index contributed by atoms with van der Waals surface area (Å²) in [6, 6.07) is 14.1. The van der Waals surface area contributed by atoms with Crippen LogP contribution in [0.4, 0.5) is 0 Å². The predicted molar refractivity (Wildman–Crippen MR) is 117 cm³/mol. The van der Waals surface area contributed by atoms with Crippen LogP contribution in [-0.4, -0.2) is 35.4 Å². The first-order valence-corrected chi connectivity index (χ1v) is 10.5. The lowest BCUT2D eigenvalue weighted by molar-refractivity contribution is -0.139. The van der Waals surface area contributed by atoms with E-state index in [1.54, 1.807) is 30.2 Å². The second-order valence-electron chi connectivity index (χ2n) is 7.49. The molecule has 1 unspecified atom stereocenters. The zero-order valence-corrected chi connectivity index (χ0v) is 17.9. The minimum absolute atomic E-state index is 0.116. The van der Waals surface area contributed by atoms with Crippen LogP contribution < -0.4 is 4.74 Å². The molecule has 0 saturated carbocycles. The molecule has 1 aliphatic rings. The van der Waals surface area contributed by atoms with Crippen LogP contribution in [0, 0.1) is 0 Å². The summed E-state index contributed by atoms with van der Waals surface area (Å²) in [5.74, 6) is -0.796. The Labute approximate surface area is 178 Å². The van der Waals surface area contributed by atoms with E-state index < -0.39 is 17.7 Å². The van der Waals surface area contributed by atoms with Crippen LogP contribution >= 0.6 is 0 Å². The number of Topliss-reactive ketones (excluding diaryl/α,β-unsaturated/α-hetero) is 1. The van der Waals surface area contributed by atoms with Gasteiger partial charge in [-0.05, 0) is 24.5 Å². The van der Waals surface area contributed by atoms with E-state index in [0.717, 1.165) is 31.2 Å². The maximum absolute atomic E-state index is 13.0. The van der Waals surface area contributed by atoms with Gasteiger partial charge in [0.2, 0.25) is 0 Å². The van der Waals surface area contributed by atoms with Gasteiger partial charge in [-0.1, -0.05) is 69.2 Å². The van der Waals surface area contributed by atoms with E-state index in [0.29, 0.717) is 23.4 Å². The van der Waals surface area contributed by atoms with Crippen molar-refractivity contribution in [2.75, 3.05) is 13.7 Å². The number of benzene rings is 2. The lowest BCUT2D eigenvalue weighted by Gasteiger charge is -2.26. The van der Waals surface area contributed by atoms with Crippen molar-refractivity contribution < 1.29 is 19.4 Å². The summed E-state index contributed by atoms with van der Waals surface area (Å²) in [6.45, 7) is 4.59. The number of aliphatic hydroxyl groups is 1. The van der Waals surface area contributed by atoms with Gasteiger partial charge in [-0.2, -0.15) is 0 Å². The average molecular weight is 408 g/mol. The molecule has 1 N–H and O–H groups in total. The van der Waals surface area contributed by atoms with E-state index in [1.165, 1.54) is 0 Å². The van der Waals surface area contributed by atoms with Crippen molar-refractivity contribution in [2.24, 2.45) is 0 Å². The first kappa shape index (κ1) is 21.6. The number of aryl methyl sites for hydroxylation is 1. The predicted octanol–water partition coefficient (Wildman–Crippen LogP) is 4.87. The highest BCUT2D eigenvalue weighted by Crippen LogP contribution is 2.42. The molecule has 5 heteroatoms. The molecule has 30 heavy (non-hydrogen) atoms. The number of likely N-dealkylation sites (tertiary alicyclic amines) is 1. The minimum atomic E-state index is -0.677. The van der Waals surface area contributed by atoms with Gasteiger partial charge in [0.15, 0.2) is 0 Å². The number of aliphatic hydroxyl groups excluding tert-OH is 1. The monoisotopic (exact) mass is 407 g/mol. The van der Waals surface area contributed by atoms with Crippen LogP contribution in [0.15, 0.2) is 54.1 Å². The number of nitrogens with zero attached hydrogens (tertiary/aromatic N) is 1. The van der Waals surface area contributed by atoms with Crippen molar-refractivity contribution >= 4 is 17.4 Å². The van der Waals surface area contributed by atoms with Crippen molar-refractivity contribution in [1.29, 1.82) is 0 Å². The Kier molecular flexibility index (Phi) is 6.93. The third kappa shape index (κ3) is 4.11. The molecule has 3 rings (SSSR count). The summed E-state index contributed by atoms with van der Waals surface area (Å²) >= 11 is 0. The topological polar surface area (TPSA) is 66.8 Å². The number of ketones is 1. The van der Waals surface area contributed by atoms with E-state index in [-0.39, 0.29) is 11.3 Å². The summed E-state index contributed by atoms with van der Waals surface area (Å²) < 4.78 is 5.51. The maximum Gasteiger partial charge on any atom is 0.295 e. The molecule has 1 amide bonds. The van der Waals surface area contributed by atoms with Gasteiger partial charge >= 0.3 is 0 Å². The zero-order chi connectivity index (χ0) is 21.7. The normalized spacial score (nSPS) is 18.1. The van der Waals surface area contributed by atoms with Crippen molar-refractivity contribution in [1.82, 2.24) is 4.90 Å². The van der Waals surface area contributed by atoms with E-state index in [2.05, 4.69) is 13.8 Å². The summed E-state index contributed by atoms with van der Waals surface area (Å²) in [5.41, 5.74) is 2.47. The molecular weight excluding hydrogens is 378 g/mol. The van der Waals surface area contributed by atoms with Gasteiger partial charge in [-0.15, -0.1) is 0 Å². The van der Waals surface area contributed by atoms with Crippen LogP contribution in [0.5, 0.6) is 5.75 Å². The third-order valence-electron chi connectivity index (χ3n) is 5.61. The minimum Gasteiger partial charge on any atom is -0.507 e. The van der Waals surface area contributed by atoms with Gasteiger partial charge in [0.25, 0.3) is 11.7 Å². The average Bonchev–Trinajstić information content (AvgIpc) is 3.03. The molecule has 1 atom stereocenters. The fraction of sp³-hybridized carbons (Fsp3) is 0.360. The van der Waals surface area contributed by atoms with E-state index in [9.17, 15) is 14.7 Å². The van der Waals surface area contributed by atoms with Crippen LogP contribution in [0.1, 0.15) is 55.8 Å². The van der Waals surface area contributed by atoms with Crippen LogP contribution in [0.3, 0.4) is 0 Å². The Morgan fingerprint density at radius 1 is 1.03 bits per heavy atom. The summed E-state index contributed by atoms with van der Waals surface area (Å²) in [6.07, 6.45) is 3.64. The van der Waals surface area contributed by atoms with Crippen LogP contribution in [0.2, 0.25) is 0 Å². The molecular formula is C25H29NO4. The van der Waals surface area contributed by atoms with Crippen molar-refractivity contribution in [2.45, 2.75) is 45.6 Å². The molecule has 0 spiro atoms. The fourth-order valence-corrected chi connectivity index (χ4v) is 3.91. The number of carbonyl (C=O) groups excluding carboxylic acids is 2.